The minimum absolute atomic E-state index is 0.0921. The van der Waals surface area contributed by atoms with Crippen LogP contribution in [0.2, 0.25) is 0 Å². The van der Waals surface area contributed by atoms with Crippen LogP contribution in [0.1, 0.15) is 71.1 Å². The lowest BCUT2D eigenvalue weighted by molar-refractivity contribution is -0.132. The molecule has 3 fully saturated rings. The molecule has 0 bridgehead atoms. The molecule has 0 spiro atoms. The summed E-state index contributed by atoms with van der Waals surface area (Å²) in [5, 5.41) is 3.22. The summed E-state index contributed by atoms with van der Waals surface area (Å²) in [6, 6.07) is 0.289. The Hall–Kier alpha value is -1.10. The Morgan fingerprint density at radius 1 is 0.920 bits per heavy atom. The highest BCUT2D eigenvalue weighted by molar-refractivity contribution is 5.81. The van der Waals surface area contributed by atoms with E-state index in [-0.39, 0.29) is 11.9 Å². The largest absolute Gasteiger partial charge is 0.352 e. The van der Waals surface area contributed by atoms with Gasteiger partial charge in [-0.15, -0.1) is 0 Å². The average molecular weight is 350 g/mol. The summed E-state index contributed by atoms with van der Waals surface area (Å²) in [7, 11) is 0. The van der Waals surface area contributed by atoms with Crippen molar-refractivity contribution in [2.75, 3.05) is 26.2 Å². The lowest BCUT2D eigenvalue weighted by Gasteiger charge is -2.28. The van der Waals surface area contributed by atoms with E-state index in [1.807, 2.05) is 11.8 Å². The minimum atomic E-state index is -0.0921. The predicted octanol–water partition coefficient (Wildman–Crippen LogP) is 2.55. The fourth-order valence-corrected chi connectivity index (χ4v) is 4.72. The van der Waals surface area contributed by atoms with Crippen molar-refractivity contribution in [3.63, 3.8) is 0 Å². The molecule has 1 saturated heterocycles. The number of rotatable bonds is 5. The molecule has 2 aliphatic carbocycles. The summed E-state index contributed by atoms with van der Waals surface area (Å²) >= 11 is 0. The van der Waals surface area contributed by atoms with Gasteiger partial charge >= 0.3 is 0 Å². The maximum absolute atomic E-state index is 12.6. The van der Waals surface area contributed by atoms with E-state index in [0.29, 0.717) is 17.9 Å². The Balaban J connectivity index is 1.45. The van der Waals surface area contributed by atoms with Gasteiger partial charge in [-0.3, -0.25) is 14.5 Å². The molecule has 0 unspecified atom stereocenters. The normalized spacial score (nSPS) is 25.1. The lowest BCUT2D eigenvalue weighted by atomic mass is 10.0. The third-order valence-electron chi connectivity index (χ3n) is 6.45. The van der Waals surface area contributed by atoms with E-state index in [1.54, 1.807) is 0 Å². The molecule has 2 amide bonds. The smallest absolute Gasteiger partial charge is 0.237 e. The number of hydrogen-bond donors (Lipinski definition) is 1. The molecular weight excluding hydrogens is 314 g/mol. The summed E-state index contributed by atoms with van der Waals surface area (Å²) in [5.74, 6) is 1.11. The first-order chi connectivity index (χ1) is 12.1. The second-order valence-corrected chi connectivity index (χ2v) is 8.29. The zero-order valence-corrected chi connectivity index (χ0v) is 15.8. The van der Waals surface area contributed by atoms with Crippen LogP contribution < -0.4 is 5.32 Å². The van der Waals surface area contributed by atoms with Crippen molar-refractivity contribution in [1.82, 2.24) is 15.1 Å². The first kappa shape index (κ1) is 18.7. The highest BCUT2D eigenvalue weighted by Gasteiger charge is 2.28. The molecular formula is C20H35N3O2. The van der Waals surface area contributed by atoms with Gasteiger partial charge in [0.05, 0.1) is 6.04 Å². The van der Waals surface area contributed by atoms with Crippen molar-refractivity contribution in [2.45, 2.75) is 83.2 Å². The first-order valence-electron chi connectivity index (χ1n) is 10.5. The first-order valence-corrected chi connectivity index (χ1v) is 10.5. The maximum Gasteiger partial charge on any atom is 0.237 e. The van der Waals surface area contributed by atoms with Crippen molar-refractivity contribution in [3.05, 3.63) is 0 Å². The second kappa shape index (κ2) is 9.02. The monoisotopic (exact) mass is 349 g/mol. The van der Waals surface area contributed by atoms with Crippen LogP contribution in [0.3, 0.4) is 0 Å². The highest BCUT2D eigenvalue weighted by atomic mass is 16.2. The molecule has 3 rings (SSSR count). The predicted molar refractivity (Wildman–Crippen MR) is 99.2 cm³/mol. The summed E-state index contributed by atoms with van der Waals surface area (Å²) in [4.78, 5) is 29.4. The Bertz CT molecular complexity index is 456. The van der Waals surface area contributed by atoms with Gasteiger partial charge in [-0.1, -0.05) is 25.7 Å². The lowest BCUT2D eigenvalue weighted by Crippen LogP contribution is -2.49. The van der Waals surface area contributed by atoms with Crippen LogP contribution in [-0.2, 0) is 9.59 Å². The van der Waals surface area contributed by atoms with Gasteiger partial charge < -0.3 is 10.2 Å². The molecule has 142 valence electrons. The van der Waals surface area contributed by atoms with Gasteiger partial charge in [0.15, 0.2) is 0 Å². The van der Waals surface area contributed by atoms with E-state index >= 15 is 0 Å². The third kappa shape index (κ3) is 5.19. The Kier molecular flexibility index (Phi) is 6.74. The second-order valence-electron chi connectivity index (χ2n) is 8.29. The standard InChI is InChI=1S/C20H35N3O2/c1-16(20(25)21-18-9-4-5-10-18)22-11-6-12-23(14-13-22)19(24)15-17-7-2-3-8-17/h16-18H,2-15H2,1H3,(H,21,25)/t16-/m1/s1. The molecule has 5 nitrogen and oxygen atoms in total. The molecule has 0 aromatic heterocycles. The molecule has 0 aromatic rings. The van der Waals surface area contributed by atoms with Crippen LogP contribution in [-0.4, -0.2) is 59.9 Å². The molecule has 5 heteroatoms. The van der Waals surface area contributed by atoms with E-state index in [1.165, 1.54) is 38.5 Å². The van der Waals surface area contributed by atoms with Crippen LogP contribution in [0.25, 0.3) is 0 Å². The molecule has 1 N–H and O–H groups in total. The summed E-state index contributed by atoms with van der Waals surface area (Å²) < 4.78 is 0. The van der Waals surface area contributed by atoms with E-state index in [9.17, 15) is 9.59 Å². The zero-order chi connectivity index (χ0) is 17.6. The number of carbonyl (C=O) groups excluding carboxylic acids is 2. The van der Waals surface area contributed by atoms with Crippen molar-refractivity contribution in [3.8, 4) is 0 Å². The number of carbonyl (C=O) groups is 2. The average Bonchev–Trinajstić information content (AvgIpc) is 3.24. The Morgan fingerprint density at radius 3 is 2.32 bits per heavy atom. The summed E-state index contributed by atoms with van der Waals surface area (Å²) in [5.41, 5.74) is 0. The van der Waals surface area contributed by atoms with Crippen molar-refractivity contribution >= 4 is 11.8 Å². The van der Waals surface area contributed by atoms with Crippen molar-refractivity contribution in [2.24, 2.45) is 5.92 Å². The number of hydrogen-bond acceptors (Lipinski definition) is 3. The van der Waals surface area contributed by atoms with Crippen molar-refractivity contribution in [1.29, 1.82) is 0 Å². The molecule has 1 aliphatic heterocycles. The van der Waals surface area contributed by atoms with Crippen molar-refractivity contribution < 1.29 is 9.59 Å². The van der Waals surface area contributed by atoms with E-state index in [4.69, 9.17) is 0 Å². The molecule has 2 saturated carbocycles. The topological polar surface area (TPSA) is 52.7 Å². The van der Waals surface area contributed by atoms with Crippen LogP contribution in [0, 0.1) is 5.92 Å². The van der Waals surface area contributed by atoms with Gasteiger partial charge in [0.2, 0.25) is 11.8 Å². The van der Waals surface area contributed by atoms with E-state index in [0.717, 1.165) is 51.9 Å². The fraction of sp³-hybridized carbons (Fsp3) is 0.900. The van der Waals surface area contributed by atoms with Gasteiger partial charge in [-0.05, 0) is 44.9 Å². The molecule has 0 radical (unpaired) electrons. The molecule has 25 heavy (non-hydrogen) atoms. The van der Waals surface area contributed by atoms with Gasteiger partial charge in [0.25, 0.3) is 0 Å². The molecule has 0 aromatic carbocycles. The Morgan fingerprint density at radius 2 is 1.60 bits per heavy atom. The number of amides is 2. The van der Waals surface area contributed by atoms with Gasteiger partial charge in [-0.2, -0.15) is 0 Å². The number of nitrogens with one attached hydrogen (secondary N) is 1. The minimum Gasteiger partial charge on any atom is -0.352 e. The van der Waals surface area contributed by atoms with Crippen LogP contribution >= 0.6 is 0 Å². The van der Waals surface area contributed by atoms with Crippen LogP contribution in [0.4, 0.5) is 0 Å². The van der Waals surface area contributed by atoms with Crippen LogP contribution in [0.15, 0.2) is 0 Å². The SMILES string of the molecule is C[C@H](C(=O)NC1CCCC1)N1CCCN(C(=O)CC2CCCC2)CC1. The summed E-state index contributed by atoms with van der Waals surface area (Å²) in [6.07, 6.45) is 11.5. The van der Waals surface area contributed by atoms with Gasteiger partial charge in [-0.25, -0.2) is 0 Å². The van der Waals surface area contributed by atoms with Gasteiger partial charge in [0, 0.05) is 38.6 Å². The maximum atomic E-state index is 12.6. The zero-order valence-electron chi connectivity index (χ0n) is 15.8. The quantitative estimate of drug-likeness (QED) is 0.830. The van der Waals surface area contributed by atoms with E-state index in [2.05, 4.69) is 10.2 Å². The fourth-order valence-electron chi connectivity index (χ4n) is 4.72. The highest BCUT2D eigenvalue weighted by Crippen LogP contribution is 2.28. The number of nitrogens with zero attached hydrogens (tertiary/aromatic N) is 2. The summed E-state index contributed by atoms with van der Waals surface area (Å²) in [6.45, 7) is 5.36. The third-order valence-corrected chi connectivity index (χ3v) is 6.45. The molecule has 1 heterocycles. The molecule has 3 aliphatic rings. The van der Waals surface area contributed by atoms with E-state index < -0.39 is 0 Å². The molecule has 1 atom stereocenters. The van der Waals surface area contributed by atoms with Gasteiger partial charge in [0.1, 0.15) is 0 Å². The Labute approximate surface area is 152 Å². The van der Waals surface area contributed by atoms with Crippen LogP contribution in [0.5, 0.6) is 0 Å².